The summed E-state index contributed by atoms with van der Waals surface area (Å²) in [6.45, 7) is 11.9. The molecule has 1 atom stereocenters. The van der Waals surface area contributed by atoms with E-state index in [-0.39, 0.29) is 44.4 Å². The van der Waals surface area contributed by atoms with Gasteiger partial charge in [-0.15, -0.1) is 5.10 Å². The molecule has 1 aromatic heterocycles. The molecule has 3 amide bonds. The highest BCUT2D eigenvalue weighted by Gasteiger charge is 2.20. The van der Waals surface area contributed by atoms with Crippen LogP contribution in [-0.4, -0.2) is 96.1 Å². The third-order valence-electron chi connectivity index (χ3n) is 9.01. The molecule has 14 nitrogen and oxygen atoms in total. The van der Waals surface area contributed by atoms with Crippen LogP contribution < -0.4 is 16.0 Å². The average molecular weight is 767 g/mol. The van der Waals surface area contributed by atoms with Gasteiger partial charge in [0.05, 0.1) is 45.3 Å². The number of aromatic nitrogens is 3. The minimum absolute atomic E-state index is 0.0104. The molecule has 0 aliphatic rings. The van der Waals surface area contributed by atoms with Gasteiger partial charge in [-0.25, -0.2) is 14.3 Å². The zero-order valence-electron chi connectivity index (χ0n) is 34.1. The van der Waals surface area contributed by atoms with Crippen molar-refractivity contribution in [2.75, 3.05) is 46.1 Å². The van der Waals surface area contributed by atoms with Gasteiger partial charge in [0.25, 0.3) is 0 Å². The van der Waals surface area contributed by atoms with Crippen LogP contribution in [0.1, 0.15) is 155 Å². The van der Waals surface area contributed by atoms with Crippen LogP contribution in [0.15, 0.2) is 6.20 Å². The van der Waals surface area contributed by atoms with E-state index in [1.807, 2.05) is 0 Å². The van der Waals surface area contributed by atoms with Crippen LogP contribution in [0.5, 0.6) is 0 Å². The van der Waals surface area contributed by atoms with Crippen molar-refractivity contribution in [1.29, 1.82) is 0 Å². The number of unbranched alkanes of at least 4 members (excludes halogenated alkanes) is 13. The number of amides is 3. The third-order valence-corrected chi connectivity index (χ3v) is 9.01. The van der Waals surface area contributed by atoms with Gasteiger partial charge in [0.1, 0.15) is 6.04 Å². The number of carbonyl (C=O) groups excluding carboxylic acids is 3. The second-order valence-corrected chi connectivity index (χ2v) is 15.4. The highest BCUT2D eigenvalue weighted by molar-refractivity contribution is 5.84. The molecule has 1 unspecified atom stereocenters. The fourth-order valence-corrected chi connectivity index (χ4v) is 5.77. The number of carboxylic acid groups (broad SMARTS) is 1. The molecule has 0 saturated carbocycles. The van der Waals surface area contributed by atoms with Gasteiger partial charge in [-0.3, -0.25) is 9.59 Å². The monoisotopic (exact) mass is 767 g/mol. The molecule has 0 radical (unpaired) electrons. The number of nitrogens with one attached hydrogen (secondary N) is 3. The van der Waals surface area contributed by atoms with Crippen molar-refractivity contribution in [2.45, 2.75) is 169 Å². The van der Waals surface area contributed by atoms with E-state index >= 15 is 0 Å². The fourth-order valence-electron chi connectivity index (χ4n) is 5.77. The lowest BCUT2D eigenvalue weighted by molar-refractivity contribution is -0.142. The number of ether oxygens (including phenoxy) is 3. The first-order valence-electron chi connectivity index (χ1n) is 20.7. The van der Waals surface area contributed by atoms with Gasteiger partial charge in [0, 0.05) is 38.5 Å². The summed E-state index contributed by atoms with van der Waals surface area (Å²) in [6.07, 6.45) is 21.1. The van der Waals surface area contributed by atoms with E-state index in [9.17, 15) is 24.3 Å². The van der Waals surface area contributed by atoms with Crippen molar-refractivity contribution in [3.63, 3.8) is 0 Å². The molecule has 1 heterocycles. The number of rotatable bonds is 35. The molecule has 312 valence electrons. The van der Waals surface area contributed by atoms with E-state index in [4.69, 9.17) is 14.2 Å². The number of carbonyl (C=O) groups is 4. The largest absolute Gasteiger partial charge is 0.480 e. The zero-order chi connectivity index (χ0) is 39.7. The smallest absolute Gasteiger partial charge is 0.407 e. The molecule has 0 aliphatic heterocycles. The Labute approximate surface area is 325 Å². The van der Waals surface area contributed by atoms with E-state index in [1.165, 1.54) is 64.2 Å². The first kappa shape index (κ1) is 48.8. The summed E-state index contributed by atoms with van der Waals surface area (Å²) in [5.41, 5.74) is 1.03. The molecule has 4 N–H and O–H groups in total. The molecule has 0 fully saturated rings. The second-order valence-electron chi connectivity index (χ2n) is 15.4. The summed E-state index contributed by atoms with van der Waals surface area (Å²) in [4.78, 5) is 48.0. The summed E-state index contributed by atoms with van der Waals surface area (Å²) in [7, 11) is 0. The van der Waals surface area contributed by atoms with Crippen molar-refractivity contribution in [3.05, 3.63) is 11.9 Å². The Balaban J connectivity index is 2.00. The molecule has 0 spiro atoms. The normalized spacial score (nSPS) is 12.0. The lowest BCUT2D eigenvalue weighted by Crippen LogP contribution is -2.41. The van der Waals surface area contributed by atoms with Crippen molar-refractivity contribution in [2.24, 2.45) is 5.41 Å². The molecule has 14 heteroatoms. The van der Waals surface area contributed by atoms with Crippen molar-refractivity contribution >= 4 is 23.9 Å². The van der Waals surface area contributed by atoms with Crippen LogP contribution in [0.25, 0.3) is 0 Å². The molecule has 54 heavy (non-hydrogen) atoms. The molecule has 1 rings (SSSR count). The molecular weight excluding hydrogens is 692 g/mol. The first-order chi connectivity index (χ1) is 26.0. The summed E-state index contributed by atoms with van der Waals surface area (Å²) < 4.78 is 18.0. The Kier molecular flexibility index (Phi) is 28.9. The number of aliphatic carboxylic acids is 1. The Morgan fingerprint density at radius 2 is 1.37 bits per heavy atom. The number of nitrogens with zero attached hydrogens (tertiary/aromatic N) is 3. The molecular formula is C40H74N6O8. The van der Waals surface area contributed by atoms with Crippen LogP contribution in [0, 0.1) is 5.41 Å². The van der Waals surface area contributed by atoms with E-state index in [0.29, 0.717) is 51.2 Å². The summed E-state index contributed by atoms with van der Waals surface area (Å²) in [5, 5.41) is 25.7. The highest BCUT2D eigenvalue weighted by Crippen LogP contribution is 2.21. The maximum absolute atomic E-state index is 12.3. The summed E-state index contributed by atoms with van der Waals surface area (Å²) in [6, 6.07) is -1.09. The van der Waals surface area contributed by atoms with E-state index in [2.05, 4.69) is 54.0 Å². The van der Waals surface area contributed by atoms with E-state index in [1.54, 1.807) is 10.9 Å². The predicted molar refractivity (Wildman–Crippen MR) is 210 cm³/mol. The minimum Gasteiger partial charge on any atom is -0.480 e. The number of hydrogen-bond donors (Lipinski definition) is 4. The van der Waals surface area contributed by atoms with Gasteiger partial charge in [0.15, 0.2) is 0 Å². The standard InChI is InChI=1S/C40H74N6O8/c1-5-6-7-8-9-10-11-12-13-14-15-16-17-20-37(48)43-35(38(49)50)21-22-36(47)41-26-29-52-31-32-53-30-27-46-33-34(44-45-46)23-28-54-39(51)42-25-19-18-24-40(2,3)4/h33,35H,5-32H2,1-4H3,(H,41,47)(H,42,51)(H,43,48)(H,49,50). The van der Waals surface area contributed by atoms with Gasteiger partial charge in [-0.1, -0.05) is 116 Å². The highest BCUT2D eigenvalue weighted by atomic mass is 16.5. The van der Waals surface area contributed by atoms with Crippen LogP contribution >= 0.6 is 0 Å². The maximum Gasteiger partial charge on any atom is 0.407 e. The fraction of sp³-hybridized carbons (Fsp3) is 0.850. The van der Waals surface area contributed by atoms with Gasteiger partial charge in [-0.05, 0) is 31.1 Å². The molecule has 1 aromatic rings. The minimum atomic E-state index is -1.14. The van der Waals surface area contributed by atoms with Gasteiger partial charge >= 0.3 is 12.1 Å². The summed E-state index contributed by atoms with van der Waals surface area (Å²) >= 11 is 0. The molecule has 0 aromatic carbocycles. The number of carboxylic acids is 1. The van der Waals surface area contributed by atoms with Crippen LogP contribution in [0.2, 0.25) is 0 Å². The number of hydrogen-bond acceptors (Lipinski definition) is 9. The van der Waals surface area contributed by atoms with E-state index in [0.717, 1.165) is 44.2 Å². The van der Waals surface area contributed by atoms with Crippen molar-refractivity contribution < 1.29 is 38.5 Å². The van der Waals surface area contributed by atoms with Crippen LogP contribution in [-0.2, 0) is 41.6 Å². The van der Waals surface area contributed by atoms with Crippen LogP contribution in [0.3, 0.4) is 0 Å². The molecule has 0 aliphatic carbocycles. The van der Waals surface area contributed by atoms with Gasteiger partial charge in [0.2, 0.25) is 11.8 Å². The maximum atomic E-state index is 12.3. The van der Waals surface area contributed by atoms with Crippen LogP contribution in [0.4, 0.5) is 4.79 Å². The van der Waals surface area contributed by atoms with Crippen molar-refractivity contribution in [3.8, 4) is 0 Å². The SMILES string of the molecule is CCCCCCCCCCCCCCCC(=O)NC(CCC(=O)NCCOCCOCCn1cc(CCOC(=O)NCCCCC(C)(C)C)nn1)C(=O)O. The lowest BCUT2D eigenvalue weighted by Gasteiger charge is -2.17. The first-order valence-corrected chi connectivity index (χ1v) is 20.7. The van der Waals surface area contributed by atoms with Crippen molar-refractivity contribution in [1.82, 2.24) is 30.9 Å². The zero-order valence-corrected chi connectivity index (χ0v) is 34.1. The molecule has 0 bridgehead atoms. The quantitative estimate of drug-likeness (QED) is 0.0540. The Bertz CT molecular complexity index is 1130. The van der Waals surface area contributed by atoms with Gasteiger partial charge in [-0.2, -0.15) is 0 Å². The third kappa shape index (κ3) is 30.1. The lowest BCUT2D eigenvalue weighted by atomic mass is 9.90. The Morgan fingerprint density at radius 1 is 0.741 bits per heavy atom. The number of alkyl carbamates (subject to hydrolysis) is 1. The van der Waals surface area contributed by atoms with Gasteiger partial charge < -0.3 is 35.3 Å². The Hall–Kier alpha value is -3.26. The Morgan fingerprint density at radius 3 is 2.00 bits per heavy atom. The predicted octanol–water partition coefficient (Wildman–Crippen LogP) is 6.74. The second kappa shape index (κ2) is 32.0. The summed E-state index contributed by atoms with van der Waals surface area (Å²) in [5.74, 6) is -1.72. The average Bonchev–Trinajstić information content (AvgIpc) is 3.57. The molecule has 0 saturated heterocycles. The van der Waals surface area contributed by atoms with E-state index < -0.39 is 18.1 Å². The topological polar surface area (TPSA) is 183 Å².